The summed E-state index contributed by atoms with van der Waals surface area (Å²) in [6.07, 6.45) is 0. The topological polar surface area (TPSA) is 74.6 Å². The van der Waals surface area contributed by atoms with E-state index in [1.165, 1.54) is 11.8 Å². The molecule has 1 N–H and O–H groups in total. The van der Waals surface area contributed by atoms with Gasteiger partial charge in [-0.25, -0.2) is 4.98 Å². The molecule has 0 spiro atoms. The Labute approximate surface area is 148 Å². The number of thioether (sulfide) groups is 1. The number of hydrogen-bond donors (Lipinski definition) is 1. The van der Waals surface area contributed by atoms with E-state index in [9.17, 15) is 0 Å². The normalized spacial score (nSPS) is 10.4. The summed E-state index contributed by atoms with van der Waals surface area (Å²) in [5.74, 6) is 1.95. The molecule has 0 bridgehead atoms. The first kappa shape index (κ1) is 16.4. The van der Waals surface area contributed by atoms with E-state index in [0.717, 1.165) is 11.1 Å². The number of hydrogen-bond acceptors (Lipinski definition) is 5. The summed E-state index contributed by atoms with van der Waals surface area (Å²) < 4.78 is 5.33. The van der Waals surface area contributed by atoms with Crippen LogP contribution in [0.25, 0.3) is 11.4 Å². The first-order valence-electron chi connectivity index (χ1n) is 7.08. The van der Waals surface area contributed by atoms with Gasteiger partial charge in [-0.05, 0) is 35.9 Å². The highest BCUT2D eigenvalue weighted by Gasteiger charge is 2.12. The van der Waals surface area contributed by atoms with Crippen molar-refractivity contribution in [2.75, 3.05) is 7.11 Å². The summed E-state index contributed by atoms with van der Waals surface area (Å²) in [7, 11) is 1.60. The molecule has 0 aliphatic heterocycles. The smallest absolute Gasteiger partial charge is 0.209 e. The second-order valence-corrected chi connectivity index (χ2v) is 6.29. The molecule has 0 unspecified atom stereocenters. The van der Waals surface area contributed by atoms with Gasteiger partial charge in [0, 0.05) is 10.8 Å². The Morgan fingerprint density at radius 3 is 2.96 bits per heavy atom. The molecule has 2 aromatic carbocycles. The lowest BCUT2D eigenvalue weighted by molar-refractivity contribution is 0.416. The minimum atomic E-state index is 0.600. The second-order valence-electron chi connectivity index (χ2n) is 4.91. The fourth-order valence-electron chi connectivity index (χ4n) is 2.18. The van der Waals surface area contributed by atoms with Crippen LogP contribution in [0.1, 0.15) is 11.1 Å². The molecule has 3 rings (SSSR count). The van der Waals surface area contributed by atoms with Crippen LogP contribution in [0.3, 0.4) is 0 Å². The van der Waals surface area contributed by atoms with E-state index in [1.807, 2.05) is 18.2 Å². The summed E-state index contributed by atoms with van der Waals surface area (Å²) in [4.78, 5) is 4.48. The summed E-state index contributed by atoms with van der Waals surface area (Å²) >= 11 is 7.54. The summed E-state index contributed by atoms with van der Waals surface area (Å²) in [6, 6.07) is 15.0. The zero-order valence-electron chi connectivity index (χ0n) is 12.8. The van der Waals surface area contributed by atoms with E-state index in [4.69, 9.17) is 21.6 Å². The second kappa shape index (κ2) is 7.39. The number of halogens is 1. The van der Waals surface area contributed by atoms with Crippen LogP contribution in [0.4, 0.5) is 0 Å². The van der Waals surface area contributed by atoms with E-state index in [0.29, 0.717) is 33.1 Å². The van der Waals surface area contributed by atoms with E-state index in [1.54, 1.807) is 31.4 Å². The first-order valence-corrected chi connectivity index (χ1v) is 8.44. The van der Waals surface area contributed by atoms with Gasteiger partial charge in [-0.2, -0.15) is 5.26 Å². The van der Waals surface area contributed by atoms with Crippen molar-refractivity contribution in [1.29, 1.82) is 5.26 Å². The van der Waals surface area contributed by atoms with Gasteiger partial charge in [-0.15, -0.1) is 5.10 Å². The predicted octanol–water partition coefficient (Wildman–Crippen LogP) is 4.30. The number of aromatic amines is 1. The van der Waals surface area contributed by atoms with Crippen LogP contribution in [0.5, 0.6) is 5.75 Å². The molecule has 0 amide bonds. The average molecular weight is 357 g/mol. The lowest BCUT2D eigenvalue weighted by atomic mass is 10.2. The third-order valence-corrected chi connectivity index (χ3v) is 4.46. The van der Waals surface area contributed by atoms with Crippen molar-refractivity contribution in [2.45, 2.75) is 10.9 Å². The molecule has 0 atom stereocenters. The average Bonchev–Trinajstić information content (AvgIpc) is 3.09. The molecule has 1 aromatic heterocycles. The molecule has 5 nitrogen and oxygen atoms in total. The number of rotatable bonds is 5. The Morgan fingerprint density at radius 2 is 2.17 bits per heavy atom. The lowest BCUT2D eigenvalue weighted by Crippen LogP contribution is -1.89. The van der Waals surface area contributed by atoms with E-state index < -0.39 is 0 Å². The largest absolute Gasteiger partial charge is 0.496 e. The fraction of sp³-hybridized carbons (Fsp3) is 0.118. The maximum atomic E-state index is 8.94. The zero-order valence-corrected chi connectivity index (χ0v) is 14.4. The van der Waals surface area contributed by atoms with Gasteiger partial charge >= 0.3 is 0 Å². The van der Waals surface area contributed by atoms with Crippen LogP contribution in [-0.4, -0.2) is 22.3 Å². The number of nitrogens with one attached hydrogen (secondary N) is 1. The van der Waals surface area contributed by atoms with Crippen LogP contribution in [-0.2, 0) is 5.75 Å². The van der Waals surface area contributed by atoms with Gasteiger partial charge in [-0.3, -0.25) is 5.10 Å². The van der Waals surface area contributed by atoms with Gasteiger partial charge in [0.2, 0.25) is 5.16 Å². The van der Waals surface area contributed by atoms with Crippen LogP contribution in [0.2, 0.25) is 5.02 Å². The van der Waals surface area contributed by atoms with Crippen LogP contribution >= 0.6 is 23.4 Å². The Morgan fingerprint density at radius 1 is 1.29 bits per heavy atom. The van der Waals surface area contributed by atoms with E-state index >= 15 is 0 Å². The Balaban J connectivity index is 1.76. The molecule has 7 heteroatoms. The molecule has 3 aromatic rings. The maximum absolute atomic E-state index is 8.94. The van der Waals surface area contributed by atoms with Crippen molar-refractivity contribution in [2.24, 2.45) is 0 Å². The fourth-order valence-corrected chi connectivity index (χ4v) is 3.09. The summed E-state index contributed by atoms with van der Waals surface area (Å²) in [6.45, 7) is 0. The maximum Gasteiger partial charge on any atom is 0.209 e. The van der Waals surface area contributed by atoms with Crippen LogP contribution in [0, 0.1) is 11.3 Å². The van der Waals surface area contributed by atoms with Gasteiger partial charge in [0.05, 0.1) is 24.3 Å². The van der Waals surface area contributed by atoms with Gasteiger partial charge in [0.15, 0.2) is 5.82 Å². The molecule has 0 fully saturated rings. The Kier molecular flexibility index (Phi) is 5.04. The molecule has 0 radical (unpaired) electrons. The Hall–Kier alpha value is -2.49. The highest BCUT2D eigenvalue weighted by Crippen LogP contribution is 2.31. The van der Waals surface area contributed by atoms with Crippen molar-refractivity contribution >= 4 is 23.4 Å². The number of ether oxygens (including phenoxy) is 1. The van der Waals surface area contributed by atoms with Crippen molar-refractivity contribution in [3.63, 3.8) is 0 Å². The number of H-pyrrole nitrogens is 1. The van der Waals surface area contributed by atoms with Crippen LogP contribution in [0.15, 0.2) is 47.6 Å². The predicted molar refractivity (Wildman–Crippen MR) is 94.1 cm³/mol. The molecule has 120 valence electrons. The van der Waals surface area contributed by atoms with E-state index in [2.05, 4.69) is 21.3 Å². The molecule has 1 heterocycles. The summed E-state index contributed by atoms with van der Waals surface area (Å²) in [5.41, 5.74) is 2.45. The Bertz CT molecular complexity index is 904. The number of methoxy groups -OCH3 is 1. The van der Waals surface area contributed by atoms with Crippen molar-refractivity contribution in [3.05, 3.63) is 58.6 Å². The number of aromatic nitrogens is 3. The third-order valence-electron chi connectivity index (χ3n) is 3.31. The summed E-state index contributed by atoms with van der Waals surface area (Å²) in [5, 5.41) is 17.3. The van der Waals surface area contributed by atoms with Crippen molar-refractivity contribution < 1.29 is 4.74 Å². The molecular formula is C17H13ClN4OS. The van der Waals surface area contributed by atoms with Gasteiger partial charge in [0.1, 0.15) is 5.75 Å². The molecule has 24 heavy (non-hydrogen) atoms. The third kappa shape index (κ3) is 3.70. The highest BCUT2D eigenvalue weighted by atomic mass is 35.5. The number of nitriles is 1. The minimum absolute atomic E-state index is 0.600. The number of nitrogens with zero attached hydrogens (tertiary/aromatic N) is 3. The molecule has 0 aliphatic rings. The minimum Gasteiger partial charge on any atom is -0.496 e. The van der Waals surface area contributed by atoms with Gasteiger partial charge < -0.3 is 4.74 Å². The molecular weight excluding hydrogens is 344 g/mol. The van der Waals surface area contributed by atoms with Crippen molar-refractivity contribution in [3.8, 4) is 23.2 Å². The molecule has 0 saturated carbocycles. The van der Waals surface area contributed by atoms with Crippen LogP contribution < -0.4 is 4.74 Å². The first-order chi connectivity index (χ1) is 11.7. The van der Waals surface area contributed by atoms with Gasteiger partial charge in [0.25, 0.3) is 0 Å². The quantitative estimate of drug-likeness (QED) is 0.690. The van der Waals surface area contributed by atoms with E-state index in [-0.39, 0.29) is 0 Å². The van der Waals surface area contributed by atoms with Gasteiger partial charge in [-0.1, -0.05) is 35.5 Å². The molecule has 0 saturated heterocycles. The molecule has 0 aliphatic carbocycles. The standard InChI is InChI=1S/C17H13ClN4OS/c1-23-15-6-5-13(18)8-14(15)16-20-17(22-21-16)24-10-12-4-2-3-11(7-12)9-19/h2-8H,10H2,1H3,(H,20,21,22). The zero-order chi connectivity index (χ0) is 16.9. The lowest BCUT2D eigenvalue weighted by Gasteiger charge is -2.05. The monoisotopic (exact) mass is 356 g/mol. The highest BCUT2D eigenvalue weighted by molar-refractivity contribution is 7.98. The van der Waals surface area contributed by atoms with Crippen molar-refractivity contribution in [1.82, 2.24) is 15.2 Å². The SMILES string of the molecule is COc1ccc(Cl)cc1-c1nc(SCc2cccc(C#N)c2)n[nH]1. The number of benzene rings is 2.